The first-order chi connectivity index (χ1) is 9.99. The molecule has 0 bridgehead atoms. The topological polar surface area (TPSA) is 58.2 Å². The number of thioether (sulfide) groups is 1. The van der Waals surface area contributed by atoms with Crippen LogP contribution in [0.15, 0.2) is 24.3 Å². The van der Waals surface area contributed by atoms with Crippen molar-refractivity contribution < 1.29 is 9.59 Å². The van der Waals surface area contributed by atoms with Gasteiger partial charge in [0.15, 0.2) is 0 Å². The Labute approximate surface area is 131 Å². The van der Waals surface area contributed by atoms with Gasteiger partial charge < -0.3 is 10.6 Å². The molecule has 0 saturated heterocycles. The van der Waals surface area contributed by atoms with E-state index in [4.69, 9.17) is 0 Å². The van der Waals surface area contributed by atoms with E-state index in [1.165, 1.54) is 11.1 Å². The molecule has 0 aliphatic heterocycles. The summed E-state index contributed by atoms with van der Waals surface area (Å²) in [6.07, 6.45) is 0. The summed E-state index contributed by atoms with van der Waals surface area (Å²) in [7, 11) is 0. The molecule has 1 aromatic carbocycles. The summed E-state index contributed by atoms with van der Waals surface area (Å²) in [5.41, 5.74) is 2.47. The maximum atomic E-state index is 11.6. The lowest BCUT2D eigenvalue weighted by Gasteiger charge is -2.08. The fourth-order valence-electron chi connectivity index (χ4n) is 1.71. The monoisotopic (exact) mass is 308 g/mol. The number of nitrogens with one attached hydrogen (secondary N) is 2. The van der Waals surface area contributed by atoms with Crippen molar-refractivity contribution in [3.8, 4) is 0 Å². The number of rotatable bonds is 8. The predicted molar refractivity (Wildman–Crippen MR) is 88.2 cm³/mol. The molecule has 0 aliphatic rings. The van der Waals surface area contributed by atoms with E-state index in [0.29, 0.717) is 18.8 Å². The summed E-state index contributed by atoms with van der Waals surface area (Å²) in [4.78, 5) is 23.0. The normalized spacial score (nSPS) is 10.5. The zero-order valence-electron chi connectivity index (χ0n) is 12.9. The highest BCUT2D eigenvalue weighted by Gasteiger charge is 2.06. The lowest BCUT2D eigenvalue weighted by atomic mass is 10.2. The molecule has 4 nitrogen and oxygen atoms in total. The Bertz CT molecular complexity index is 475. The third kappa shape index (κ3) is 7.75. The number of hydrogen-bond donors (Lipinski definition) is 2. The van der Waals surface area contributed by atoms with Crippen LogP contribution in [0.25, 0.3) is 0 Å². The quantitative estimate of drug-likeness (QED) is 0.723. The van der Waals surface area contributed by atoms with Gasteiger partial charge in [0.2, 0.25) is 11.8 Å². The first-order valence-corrected chi connectivity index (χ1v) is 8.32. The second-order valence-corrected chi connectivity index (χ2v) is 6.26. The van der Waals surface area contributed by atoms with Crippen LogP contribution in [0, 0.1) is 12.8 Å². The van der Waals surface area contributed by atoms with Crippen LogP contribution in [0.3, 0.4) is 0 Å². The third-order valence-corrected chi connectivity index (χ3v) is 3.86. The van der Waals surface area contributed by atoms with Crippen molar-refractivity contribution in [2.24, 2.45) is 5.92 Å². The maximum absolute atomic E-state index is 11.6. The zero-order chi connectivity index (χ0) is 15.7. The standard InChI is InChI=1S/C16H24N2O2S/c1-12(2)16(20)18-8-7-17-15(19)11-21-10-14-6-4-5-13(3)9-14/h4-6,9,12H,7-8,10-11H2,1-3H3,(H,17,19)(H,18,20). The molecule has 1 aromatic rings. The number of aryl methyl sites for hydroxylation is 1. The van der Waals surface area contributed by atoms with Gasteiger partial charge in [-0.3, -0.25) is 9.59 Å². The van der Waals surface area contributed by atoms with E-state index in [0.717, 1.165) is 5.75 Å². The molecule has 2 N–H and O–H groups in total. The molecular formula is C16H24N2O2S. The van der Waals surface area contributed by atoms with E-state index < -0.39 is 0 Å². The largest absolute Gasteiger partial charge is 0.354 e. The van der Waals surface area contributed by atoms with E-state index in [1.54, 1.807) is 11.8 Å². The van der Waals surface area contributed by atoms with E-state index >= 15 is 0 Å². The highest BCUT2D eigenvalue weighted by molar-refractivity contribution is 7.99. The number of amides is 2. The Morgan fingerprint density at radius 1 is 1.19 bits per heavy atom. The van der Waals surface area contributed by atoms with Crippen molar-refractivity contribution in [2.45, 2.75) is 26.5 Å². The average molecular weight is 308 g/mol. The van der Waals surface area contributed by atoms with Crippen molar-refractivity contribution in [3.05, 3.63) is 35.4 Å². The SMILES string of the molecule is Cc1cccc(CSCC(=O)NCCNC(=O)C(C)C)c1. The van der Waals surface area contributed by atoms with E-state index in [1.807, 2.05) is 19.9 Å². The van der Waals surface area contributed by atoms with Crippen molar-refractivity contribution in [1.29, 1.82) is 0 Å². The molecule has 116 valence electrons. The Morgan fingerprint density at radius 3 is 2.57 bits per heavy atom. The molecule has 0 saturated carbocycles. The molecule has 5 heteroatoms. The van der Waals surface area contributed by atoms with Crippen molar-refractivity contribution in [1.82, 2.24) is 10.6 Å². The Morgan fingerprint density at radius 2 is 1.90 bits per heavy atom. The highest BCUT2D eigenvalue weighted by atomic mass is 32.2. The summed E-state index contributed by atoms with van der Waals surface area (Å²) in [5, 5.41) is 5.57. The van der Waals surface area contributed by atoms with Gasteiger partial charge >= 0.3 is 0 Å². The molecule has 0 heterocycles. The second kappa shape index (κ2) is 9.45. The second-order valence-electron chi connectivity index (χ2n) is 5.28. The first-order valence-electron chi connectivity index (χ1n) is 7.16. The van der Waals surface area contributed by atoms with Crippen LogP contribution in [0.5, 0.6) is 0 Å². The lowest BCUT2D eigenvalue weighted by molar-refractivity contribution is -0.124. The van der Waals surface area contributed by atoms with Gasteiger partial charge in [0, 0.05) is 24.8 Å². The van der Waals surface area contributed by atoms with E-state index in [9.17, 15) is 9.59 Å². The van der Waals surface area contributed by atoms with Crippen LogP contribution in [-0.2, 0) is 15.3 Å². The minimum atomic E-state index is -0.0226. The van der Waals surface area contributed by atoms with Crippen molar-refractivity contribution in [3.63, 3.8) is 0 Å². The molecule has 0 atom stereocenters. The maximum Gasteiger partial charge on any atom is 0.230 e. The number of hydrogen-bond acceptors (Lipinski definition) is 3. The first kappa shape index (κ1) is 17.6. The minimum Gasteiger partial charge on any atom is -0.354 e. The molecule has 0 aromatic heterocycles. The van der Waals surface area contributed by atoms with Crippen LogP contribution in [0.2, 0.25) is 0 Å². The molecule has 21 heavy (non-hydrogen) atoms. The molecule has 0 unspecified atom stereocenters. The fraction of sp³-hybridized carbons (Fsp3) is 0.500. The predicted octanol–water partition coefficient (Wildman–Crippen LogP) is 2.12. The van der Waals surface area contributed by atoms with Gasteiger partial charge in [0.25, 0.3) is 0 Å². The van der Waals surface area contributed by atoms with Gasteiger partial charge in [-0.15, -0.1) is 11.8 Å². The molecule has 2 amide bonds. The van der Waals surface area contributed by atoms with Crippen LogP contribution < -0.4 is 10.6 Å². The Hall–Kier alpha value is -1.49. The number of carbonyl (C=O) groups excluding carboxylic acids is 2. The van der Waals surface area contributed by atoms with Crippen LogP contribution >= 0.6 is 11.8 Å². The van der Waals surface area contributed by atoms with Gasteiger partial charge in [-0.25, -0.2) is 0 Å². The number of benzene rings is 1. The van der Waals surface area contributed by atoms with Crippen LogP contribution in [0.4, 0.5) is 0 Å². The smallest absolute Gasteiger partial charge is 0.230 e. The summed E-state index contributed by atoms with van der Waals surface area (Å²) in [6, 6.07) is 8.29. The molecule has 1 rings (SSSR count). The molecule has 0 spiro atoms. The van der Waals surface area contributed by atoms with E-state index in [-0.39, 0.29) is 17.7 Å². The van der Waals surface area contributed by atoms with Gasteiger partial charge in [0.05, 0.1) is 5.75 Å². The molecule has 0 radical (unpaired) electrons. The molecule has 0 aliphatic carbocycles. The summed E-state index contributed by atoms with van der Waals surface area (Å²) >= 11 is 1.59. The van der Waals surface area contributed by atoms with Gasteiger partial charge in [0.1, 0.15) is 0 Å². The minimum absolute atomic E-state index is 0.00597. The Kier molecular flexibility index (Phi) is 7.90. The fourth-order valence-corrected chi connectivity index (χ4v) is 2.51. The van der Waals surface area contributed by atoms with Crippen LogP contribution in [-0.4, -0.2) is 30.7 Å². The third-order valence-electron chi connectivity index (χ3n) is 2.86. The van der Waals surface area contributed by atoms with Gasteiger partial charge in [-0.05, 0) is 12.5 Å². The lowest BCUT2D eigenvalue weighted by Crippen LogP contribution is -2.36. The average Bonchev–Trinajstić information content (AvgIpc) is 2.43. The zero-order valence-corrected chi connectivity index (χ0v) is 13.8. The van der Waals surface area contributed by atoms with Gasteiger partial charge in [-0.1, -0.05) is 43.7 Å². The summed E-state index contributed by atoms with van der Waals surface area (Å²) in [5.74, 6) is 1.26. The highest BCUT2D eigenvalue weighted by Crippen LogP contribution is 2.12. The van der Waals surface area contributed by atoms with Crippen molar-refractivity contribution >= 4 is 23.6 Å². The van der Waals surface area contributed by atoms with Crippen LogP contribution in [0.1, 0.15) is 25.0 Å². The molecule has 0 fully saturated rings. The van der Waals surface area contributed by atoms with Crippen molar-refractivity contribution in [2.75, 3.05) is 18.8 Å². The van der Waals surface area contributed by atoms with Gasteiger partial charge in [-0.2, -0.15) is 0 Å². The molecular weight excluding hydrogens is 284 g/mol. The summed E-state index contributed by atoms with van der Waals surface area (Å²) < 4.78 is 0. The Balaban J connectivity index is 2.10. The van der Waals surface area contributed by atoms with E-state index in [2.05, 4.69) is 35.8 Å². The number of carbonyl (C=O) groups is 2. The summed E-state index contributed by atoms with van der Waals surface area (Å²) in [6.45, 7) is 6.70.